The Labute approximate surface area is 77.2 Å². The molecule has 1 aromatic rings. The van der Waals surface area contributed by atoms with E-state index in [2.05, 4.69) is 4.98 Å². The summed E-state index contributed by atoms with van der Waals surface area (Å²) in [7, 11) is 0. The minimum atomic E-state index is -0.729. The van der Waals surface area contributed by atoms with Gasteiger partial charge < -0.3 is 5.11 Å². The Hall–Kier alpha value is -0.600. The van der Waals surface area contributed by atoms with E-state index in [-0.39, 0.29) is 0 Å². The van der Waals surface area contributed by atoms with Crippen LogP contribution in [0.1, 0.15) is 19.4 Å². The lowest BCUT2D eigenvalue weighted by Crippen LogP contribution is -2.22. The van der Waals surface area contributed by atoms with Crippen LogP contribution in [-0.4, -0.2) is 15.7 Å². The maximum absolute atomic E-state index is 9.51. The van der Waals surface area contributed by atoms with Gasteiger partial charge in [0.25, 0.3) is 0 Å². The molecule has 0 saturated heterocycles. The highest BCUT2D eigenvalue weighted by Gasteiger charge is 2.15. The Bertz CT molecular complexity index is 267. The second-order valence-corrected chi connectivity index (χ2v) is 3.80. The molecule has 1 heterocycles. The van der Waals surface area contributed by atoms with Crippen molar-refractivity contribution in [2.45, 2.75) is 25.9 Å². The summed E-state index contributed by atoms with van der Waals surface area (Å²) in [5.74, 6) is 0. The number of aromatic nitrogens is 1. The molecule has 0 aliphatic rings. The van der Waals surface area contributed by atoms with Crippen molar-refractivity contribution >= 4 is 11.6 Å². The Morgan fingerprint density at radius 1 is 1.58 bits per heavy atom. The van der Waals surface area contributed by atoms with Crippen LogP contribution in [0.2, 0.25) is 5.15 Å². The van der Waals surface area contributed by atoms with Gasteiger partial charge in [0.1, 0.15) is 5.15 Å². The smallest absolute Gasteiger partial charge is 0.132 e. The predicted molar refractivity (Wildman–Crippen MR) is 49.2 cm³/mol. The van der Waals surface area contributed by atoms with Crippen LogP contribution in [0.3, 0.4) is 0 Å². The Morgan fingerprint density at radius 2 is 2.25 bits per heavy atom. The van der Waals surface area contributed by atoms with Crippen molar-refractivity contribution < 1.29 is 5.11 Å². The van der Waals surface area contributed by atoms with E-state index in [1.165, 1.54) is 0 Å². The van der Waals surface area contributed by atoms with Crippen molar-refractivity contribution in [3.63, 3.8) is 0 Å². The monoisotopic (exact) mass is 185 g/mol. The summed E-state index contributed by atoms with van der Waals surface area (Å²) in [6.45, 7) is 3.49. The molecule has 0 amide bonds. The molecule has 1 N–H and O–H groups in total. The van der Waals surface area contributed by atoms with Gasteiger partial charge in [-0.25, -0.2) is 4.98 Å². The zero-order valence-corrected chi connectivity index (χ0v) is 7.97. The van der Waals surface area contributed by atoms with Crippen molar-refractivity contribution in [2.24, 2.45) is 0 Å². The quantitative estimate of drug-likeness (QED) is 0.716. The maximum atomic E-state index is 9.51. The molecule has 0 spiro atoms. The van der Waals surface area contributed by atoms with Gasteiger partial charge in [0, 0.05) is 12.6 Å². The van der Waals surface area contributed by atoms with Crippen molar-refractivity contribution in [1.82, 2.24) is 4.98 Å². The fourth-order valence-electron chi connectivity index (χ4n) is 1.02. The molecule has 0 fully saturated rings. The molecule has 12 heavy (non-hydrogen) atoms. The fourth-order valence-corrected chi connectivity index (χ4v) is 1.20. The third kappa shape index (κ3) is 2.80. The van der Waals surface area contributed by atoms with Crippen molar-refractivity contribution in [1.29, 1.82) is 0 Å². The molecule has 0 radical (unpaired) electrons. The van der Waals surface area contributed by atoms with Crippen LogP contribution in [0.5, 0.6) is 0 Å². The minimum Gasteiger partial charge on any atom is -0.390 e. The average molecular weight is 186 g/mol. The molecule has 3 heteroatoms. The zero-order chi connectivity index (χ0) is 9.19. The Kier molecular flexibility index (Phi) is 2.70. The van der Waals surface area contributed by atoms with Gasteiger partial charge in [-0.15, -0.1) is 0 Å². The van der Waals surface area contributed by atoms with Gasteiger partial charge in [0.2, 0.25) is 0 Å². The second-order valence-electron chi connectivity index (χ2n) is 3.44. The molecule has 0 aliphatic heterocycles. The van der Waals surface area contributed by atoms with Crippen LogP contribution < -0.4 is 0 Å². The van der Waals surface area contributed by atoms with Gasteiger partial charge in [-0.1, -0.05) is 17.7 Å². The van der Waals surface area contributed by atoms with E-state index in [1.54, 1.807) is 20.0 Å². The van der Waals surface area contributed by atoms with Crippen LogP contribution >= 0.6 is 11.6 Å². The molecule has 0 aromatic carbocycles. The first-order chi connectivity index (χ1) is 5.49. The van der Waals surface area contributed by atoms with Gasteiger partial charge in [0.05, 0.1) is 5.60 Å². The minimum absolute atomic E-state index is 0.472. The fraction of sp³-hybridized carbons (Fsp3) is 0.444. The first-order valence-electron chi connectivity index (χ1n) is 3.81. The lowest BCUT2D eigenvalue weighted by molar-refractivity contribution is 0.0809. The molecular weight excluding hydrogens is 174 g/mol. The van der Waals surface area contributed by atoms with E-state index in [4.69, 9.17) is 11.6 Å². The molecule has 0 aliphatic carbocycles. The molecule has 0 saturated carbocycles. The lowest BCUT2D eigenvalue weighted by atomic mass is 10.0. The summed E-state index contributed by atoms with van der Waals surface area (Å²) in [6, 6.07) is 3.68. The van der Waals surface area contributed by atoms with Gasteiger partial charge >= 0.3 is 0 Å². The summed E-state index contributed by atoms with van der Waals surface area (Å²) in [4.78, 5) is 3.92. The highest BCUT2D eigenvalue weighted by molar-refractivity contribution is 6.30. The van der Waals surface area contributed by atoms with Crippen LogP contribution in [0.15, 0.2) is 18.3 Å². The molecule has 0 unspecified atom stereocenters. The number of nitrogens with zero attached hydrogens (tertiary/aromatic N) is 1. The van der Waals surface area contributed by atoms with Crippen molar-refractivity contribution in [3.8, 4) is 0 Å². The molecular formula is C9H12ClNO. The number of hydrogen-bond acceptors (Lipinski definition) is 2. The lowest BCUT2D eigenvalue weighted by Gasteiger charge is -2.16. The third-order valence-corrected chi connectivity index (χ3v) is 1.80. The predicted octanol–water partition coefficient (Wildman–Crippen LogP) is 2.05. The van der Waals surface area contributed by atoms with Crippen LogP contribution in [0.25, 0.3) is 0 Å². The summed E-state index contributed by atoms with van der Waals surface area (Å²) < 4.78 is 0. The third-order valence-electron chi connectivity index (χ3n) is 1.46. The van der Waals surface area contributed by atoms with Gasteiger partial charge in [0.15, 0.2) is 0 Å². The number of halogens is 1. The van der Waals surface area contributed by atoms with E-state index in [1.807, 2.05) is 12.1 Å². The maximum Gasteiger partial charge on any atom is 0.132 e. The largest absolute Gasteiger partial charge is 0.390 e. The van der Waals surface area contributed by atoms with Crippen molar-refractivity contribution in [2.75, 3.05) is 0 Å². The van der Waals surface area contributed by atoms with Gasteiger partial charge in [-0.3, -0.25) is 0 Å². The summed E-state index contributed by atoms with van der Waals surface area (Å²) in [5.41, 5.74) is 0.152. The summed E-state index contributed by atoms with van der Waals surface area (Å²) in [6.07, 6.45) is 2.16. The zero-order valence-electron chi connectivity index (χ0n) is 7.21. The molecule has 0 atom stereocenters. The summed E-state index contributed by atoms with van der Waals surface area (Å²) >= 11 is 5.81. The van der Waals surface area contributed by atoms with Crippen LogP contribution in [0, 0.1) is 0 Å². The highest BCUT2D eigenvalue weighted by atomic mass is 35.5. The van der Waals surface area contributed by atoms with Gasteiger partial charge in [-0.05, 0) is 25.5 Å². The first-order valence-corrected chi connectivity index (χ1v) is 4.18. The van der Waals surface area contributed by atoms with E-state index in [0.717, 1.165) is 5.56 Å². The normalized spacial score (nSPS) is 11.7. The standard InChI is InChI=1S/C9H12ClNO/c1-9(2,12)6-7-4-3-5-11-8(7)10/h3-5,12H,6H2,1-2H3. The molecule has 1 rings (SSSR count). The summed E-state index contributed by atoms with van der Waals surface area (Å²) in [5, 5.41) is 9.98. The van der Waals surface area contributed by atoms with Crippen molar-refractivity contribution in [3.05, 3.63) is 29.0 Å². The second kappa shape index (κ2) is 3.42. The Morgan fingerprint density at radius 3 is 2.75 bits per heavy atom. The topological polar surface area (TPSA) is 33.1 Å². The van der Waals surface area contributed by atoms with Crippen LogP contribution in [0.4, 0.5) is 0 Å². The molecule has 66 valence electrons. The van der Waals surface area contributed by atoms with E-state index >= 15 is 0 Å². The number of pyridine rings is 1. The van der Waals surface area contributed by atoms with E-state index < -0.39 is 5.60 Å². The van der Waals surface area contributed by atoms with Crippen LogP contribution in [-0.2, 0) is 6.42 Å². The first kappa shape index (κ1) is 9.49. The average Bonchev–Trinajstić information content (AvgIpc) is 1.91. The molecule has 2 nitrogen and oxygen atoms in total. The number of aliphatic hydroxyl groups is 1. The Balaban J connectivity index is 2.83. The number of rotatable bonds is 2. The molecule has 0 bridgehead atoms. The highest BCUT2D eigenvalue weighted by Crippen LogP contribution is 2.17. The number of hydrogen-bond donors (Lipinski definition) is 1. The van der Waals surface area contributed by atoms with E-state index in [9.17, 15) is 5.11 Å². The molecule has 1 aromatic heterocycles. The van der Waals surface area contributed by atoms with E-state index in [0.29, 0.717) is 11.6 Å². The van der Waals surface area contributed by atoms with Gasteiger partial charge in [-0.2, -0.15) is 0 Å². The SMILES string of the molecule is CC(C)(O)Cc1cccnc1Cl.